The van der Waals surface area contributed by atoms with E-state index >= 15 is 0 Å². The molecule has 2 amide bonds. The Morgan fingerprint density at radius 2 is 1.80 bits per heavy atom. The SMILES string of the molecule is C[C@H](NC(=O)[C@H](C)NC(=O)COc1ccc2c3c(c(=O)oc2c1)CCCC3)C(=O)[O-]. The summed E-state index contributed by atoms with van der Waals surface area (Å²) >= 11 is 0. The van der Waals surface area contributed by atoms with Crippen molar-refractivity contribution >= 4 is 28.8 Å². The van der Waals surface area contributed by atoms with E-state index in [-0.39, 0.29) is 12.2 Å². The molecule has 2 N–H and O–H groups in total. The van der Waals surface area contributed by atoms with Crippen LogP contribution in [0.4, 0.5) is 0 Å². The van der Waals surface area contributed by atoms with E-state index in [1.54, 1.807) is 12.1 Å². The zero-order valence-electron chi connectivity index (χ0n) is 16.8. The fourth-order valence-electron chi connectivity index (χ4n) is 3.41. The van der Waals surface area contributed by atoms with E-state index in [1.807, 2.05) is 6.07 Å². The molecule has 30 heavy (non-hydrogen) atoms. The van der Waals surface area contributed by atoms with Gasteiger partial charge in [-0.25, -0.2) is 4.79 Å². The second-order valence-electron chi connectivity index (χ2n) is 7.34. The highest BCUT2D eigenvalue weighted by Gasteiger charge is 2.20. The highest BCUT2D eigenvalue weighted by atomic mass is 16.5. The number of fused-ring (bicyclic) bond motifs is 3. The van der Waals surface area contributed by atoms with Gasteiger partial charge >= 0.3 is 5.63 Å². The third kappa shape index (κ3) is 4.79. The summed E-state index contributed by atoms with van der Waals surface area (Å²) in [4.78, 5) is 46.8. The predicted molar refractivity (Wildman–Crippen MR) is 105 cm³/mol. The van der Waals surface area contributed by atoms with Crippen molar-refractivity contribution in [3.8, 4) is 5.75 Å². The molecule has 1 heterocycles. The Balaban J connectivity index is 1.61. The Morgan fingerprint density at radius 1 is 1.10 bits per heavy atom. The van der Waals surface area contributed by atoms with E-state index in [2.05, 4.69) is 10.6 Å². The van der Waals surface area contributed by atoms with Gasteiger partial charge in [-0.05, 0) is 57.2 Å². The molecule has 1 aromatic heterocycles. The molecule has 0 bridgehead atoms. The van der Waals surface area contributed by atoms with Gasteiger partial charge in [-0.15, -0.1) is 0 Å². The molecule has 9 nitrogen and oxygen atoms in total. The summed E-state index contributed by atoms with van der Waals surface area (Å²) < 4.78 is 10.9. The Kier molecular flexibility index (Phi) is 6.39. The minimum atomic E-state index is -1.42. The van der Waals surface area contributed by atoms with Gasteiger partial charge in [0.05, 0.1) is 12.0 Å². The van der Waals surface area contributed by atoms with Crippen LogP contribution < -0.4 is 26.1 Å². The minimum absolute atomic E-state index is 0.335. The summed E-state index contributed by atoms with van der Waals surface area (Å²) in [5.74, 6) is -2.29. The topological polar surface area (TPSA) is 138 Å². The van der Waals surface area contributed by atoms with E-state index < -0.39 is 29.9 Å². The Bertz CT molecular complexity index is 1040. The molecule has 9 heteroatoms. The average molecular weight is 415 g/mol. The van der Waals surface area contributed by atoms with Crippen LogP contribution in [-0.4, -0.2) is 36.5 Å². The van der Waals surface area contributed by atoms with Crippen molar-refractivity contribution < 1.29 is 28.6 Å². The summed E-state index contributed by atoms with van der Waals surface area (Å²) in [6, 6.07) is 2.95. The van der Waals surface area contributed by atoms with Gasteiger partial charge in [0.25, 0.3) is 5.91 Å². The summed E-state index contributed by atoms with van der Waals surface area (Å²) in [7, 11) is 0. The molecular formula is C21H23N2O7-. The number of carbonyl (C=O) groups excluding carboxylic acids is 3. The second-order valence-corrected chi connectivity index (χ2v) is 7.34. The lowest BCUT2D eigenvalue weighted by atomic mass is 9.91. The molecule has 2 aromatic rings. The Labute approximate surface area is 172 Å². The number of carboxylic acid groups (broad SMARTS) is 1. The summed E-state index contributed by atoms with van der Waals surface area (Å²) in [5.41, 5.74) is 1.82. The van der Waals surface area contributed by atoms with Crippen LogP contribution in [0.3, 0.4) is 0 Å². The molecule has 2 atom stereocenters. The second kappa shape index (κ2) is 8.98. The van der Waals surface area contributed by atoms with Gasteiger partial charge in [0.2, 0.25) is 5.91 Å². The number of hydrogen-bond acceptors (Lipinski definition) is 7. The molecule has 0 spiro atoms. The minimum Gasteiger partial charge on any atom is -0.548 e. The van der Waals surface area contributed by atoms with Crippen LogP contribution in [0.25, 0.3) is 11.0 Å². The highest BCUT2D eigenvalue weighted by Crippen LogP contribution is 2.29. The number of amides is 2. The molecule has 160 valence electrons. The summed E-state index contributed by atoms with van der Waals surface area (Å²) in [6.07, 6.45) is 3.55. The first-order chi connectivity index (χ1) is 14.3. The molecule has 1 aliphatic rings. The maximum absolute atomic E-state index is 12.2. The maximum Gasteiger partial charge on any atom is 0.339 e. The largest absolute Gasteiger partial charge is 0.548 e. The highest BCUT2D eigenvalue weighted by molar-refractivity contribution is 5.90. The molecule has 0 unspecified atom stereocenters. The van der Waals surface area contributed by atoms with Crippen LogP contribution in [0.2, 0.25) is 0 Å². The van der Waals surface area contributed by atoms with Gasteiger partial charge in [0.15, 0.2) is 6.61 Å². The number of aryl methyl sites for hydroxylation is 1. The van der Waals surface area contributed by atoms with E-state index in [9.17, 15) is 24.3 Å². The number of hydrogen-bond donors (Lipinski definition) is 2. The van der Waals surface area contributed by atoms with Crippen molar-refractivity contribution in [1.29, 1.82) is 0 Å². The van der Waals surface area contributed by atoms with Crippen molar-refractivity contribution in [2.24, 2.45) is 0 Å². The van der Waals surface area contributed by atoms with Crippen LogP contribution in [0, 0.1) is 0 Å². The molecule has 3 rings (SSSR count). The van der Waals surface area contributed by atoms with E-state index in [4.69, 9.17) is 9.15 Å². The monoisotopic (exact) mass is 415 g/mol. The standard InChI is InChI=1S/C21H24N2O7/c1-11(19(25)23-12(2)20(26)27)22-18(24)10-29-13-7-8-15-14-5-3-4-6-16(14)21(28)30-17(15)9-13/h7-9,11-12H,3-6,10H2,1-2H3,(H,22,24)(H,23,25)(H,26,27)/p-1/t11-,12-/m0/s1. The normalized spacial score (nSPS) is 15.0. The molecule has 1 aromatic carbocycles. The first-order valence-corrected chi connectivity index (χ1v) is 9.78. The molecular weight excluding hydrogens is 392 g/mol. The molecule has 0 fully saturated rings. The molecule has 1 aliphatic carbocycles. The quantitative estimate of drug-likeness (QED) is 0.598. The number of nitrogens with one attached hydrogen (secondary N) is 2. The van der Waals surface area contributed by atoms with Crippen molar-refractivity contribution in [3.63, 3.8) is 0 Å². The Morgan fingerprint density at radius 3 is 2.50 bits per heavy atom. The van der Waals surface area contributed by atoms with Crippen molar-refractivity contribution in [2.75, 3.05) is 6.61 Å². The van der Waals surface area contributed by atoms with E-state index in [0.29, 0.717) is 11.3 Å². The van der Waals surface area contributed by atoms with Crippen LogP contribution in [-0.2, 0) is 27.2 Å². The fraction of sp³-hybridized carbons (Fsp3) is 0.429. The maximum atomic E-state index is 12.2. The lowest BCUT2D eigenvalue weighted by Crippen LogP contribution is -2.52. The molecule has 0 saturated carbocycles. The van der Waals surface area contributed by atoms with Gasteiger partial charge in [-0.2, -0.15) is 0 Å². The zero-order valence-corrected chi connectivity index (χ0v) is 16.8. The summed E-state index contributed by atoms with van der Waals surface area (Å²) in [6.45, 7) is 2.32. The molecule has 0 saturated heterocycles. The number of benzene rings is 1. The number of ether oxygens (including phenoxy) is 1. The first kappa shape index (κ1) is 21.4. The zero-order chi connectivity index (χ0) is 21.8. The van der Waals surface area contributed by atoms with Gasteiger partial charge in [-0.1, -0.05) is 0 Å². The van der Waals surface area contributed by atoms with Gasteiger partial charge in [0, 0.05) is 17.0 Å². The lowest BCUT2D eigenvalue weighted by molar-refractivity contribution is -0.307. The van der Waals surface area contributed by atoms with Crippen molar-refractivity contribution in [2.45, 2.75) is 51.6 Å². The third-order valence-corrected chi connectivity index (χ3v) is 5.05. The van der Waals surface area contributed by atoms with E-state index in [1.165, 1.54) is 13.8 Å². The molecule has 0 radical (unpaired) electrons. The number of aliphatic carboxylic acids is 1. The average Bonchev–Trinajstić information content (AvgIpc) is 2.72. The fourth-order valence-corrected chi connectivity index (χ4v) is 3.41. The third-order valence-electron chi connectivity index (χ3n) is 5.05. The number of carboxylic acids is 1. The van der Waals surface area contributed by atoms with Crippen LogP contribution in [0.1, 0.15) is 37.8 Å². The smallest absolute Gasteiger partial charge is 0.339 e. The van der Waals surface area contributed by atoms with Crippen LogP contribution in [0.15, 0.2) is 27.4 Å². The van der Waals surface area contributed by atoms with Crippen LogP contribution in [0.5, 0.6) is 5.75 Å². The van der Waals surface area contributed by atoms with E-state index in [0.717, 1.165) is 42.2 Å². The number of rotatable bonds is 7. The van der Waals surface area contributed by atoms with Crippen LogP contribution >= 0.6 is 0 Å². The van der Waals surface area contributed by atoms with Crippen molar-refractivity contribution in [1.82, 2.24) is 10.6 Å². The van der Waals surface area contributed by atoms with Crippen molar-refractivity contribution in [3.05, 3.63) is 39.7 Å². The predicted octanol–water partition coefficient (Wildman–Crippen LogP) is -0.190. The summed E-state index contributed by atoms with van der Waals surface area (Å²) in [5, 5.41) is 16.2. The Hall–Kier alpha value is -3.36. The lowest BCUT2D eigenvalue weighted by Gasteiger charge is -2.19. The first-order valence-electron chi connectivity index (χ1n) is 9.78. The van der Waals surface area contributed by atoms with Gasteiger partial charge in [0.1, 0.15) is 17.4 Å². The molecule has 0 aliphatic heterocycles. The van der Waals surface area contributed by atoms with Gasteiger partial charge < -0.3 is 29.7 Å². The number of carbonyl (C=O) groups is 3. The van der Waals surface area contributed by atoms with Gasteiger partial charge in [-0.3, -0.25) is 9.59 Å².